The lowest BCUT2D eigenvalue weighted by molar-refractivity contribution is 0.0903. The lowest BCUT2D eigenvalue weighted by atomic mass is 9.92. The number of halogens is 1. The van der Waals surface area contributed by atoms with E-state index in [0.29, 0.717) is 25.0 Å². The second-order valence-electron chi connectivity index (χ2n) is 4.77. The predicted molar refractivity (Wildman–Crippen MR) is 66.2 cm³/mol. The maximum absolute atomic E-state index is 13.5. The maximum Gasteiger partial charge on any atom is 0.126 e. The van der Waals surface area contributed by atoms with Crippen LogP contribution in [0.2, 0.25) is 0 Å². The maximum atomic E-state index is 13.5. The van der Waals surface area contributed by atoms with Crippen molar-refractivity contribution in [3.05, 3.63) is 35.6 Å². The molecule has 3 heteroatoms. The zero-order chi connectivity index (χ0) is 12.1. The quantitative estimate of drug-likeness (QED) is 0.854. The topological polar surface area (TPSA) is 35.2 Å². The monoisotopic (exact) mass is 237 g/mol. The number of hydrogen-bond acceptors (Lipinski definition) is 2. The molecule has 2 rings (SSSR count). The Labute approximate surface area is 102 Å². The standard InChI is InChI=1S/C14H20FNO/c15-14-6-2-1-4-12(14)8-11(10-16)9-13-5-3-7-17-13/h1-2,4,6,11,13H,3,5,7-10,16H2. The number of benzene rings is 1. The highest BCUT2D eigenvalue weighted by Crippen LogP contribution is 2.22. The lowest BCUT2D eigenvalue weighted by Gasteiger charge is -2.19. The summed E-state index contributed by atoms with van der Waals surface area (Å²) in [7, 11) is 0. The van der Waals surface area contributed by atoms with E-state index in [1.54, 1.807) is 6.07 Å². The first-order chi connectivity index (χ1) is 8.29. The van der Waals surface area contributed by atoms with Crippen molar-refractivity contribution in [3.8, 4) is 0 Å². The normalized spacial score (nSPS) is 21.6. The van der Waals surface area contributed by atoms with Crippen LogP contribution in [-0.4, -0.2) is 19.3 Å². The minimum Gasteiger partial charge on any atom is -0.378 e. The Morgan fingerprint density at radius 2 is 2.24 bits per heavy atom. The summed E-state index contributed by atoms with van der Waals surface area (Å²) in [4.78, 5) is 0. The fraction of sp³-hybridized carbons (Fsp3) is 0.571. The van der Waals surface area contributed by atoms with Crippen molar-refractivity contribution >= 4 is 0 Å². The third-order valence-corrected chi connectivity index (χ3v) is 3.42. The summed E-state index contributed by atoms with van der Waals surface area (Å²) in [6.07, 6.45) is 4.25. The number of nitrogens with two attached hydrogens (primary N) is 1. The van der Waals surface area contributed by atoms with E-state index in [1.807, 2.05) is 12.1 Å². The average Bonchev–Trinajstić information content (AvgIpc) is 2.84. The third kappa shape index (κ3) is 3.51. The molecule has 1 saturated heterocycles. The van der Waals surface area contributed by atoms with Crippen LogP contribution in [0.4, 0.5) is 4.39 Å². The van der Waals surface area contributed by atoms with Crippen molar-refractivity contribution < 1.29 is 9.13 Å². The first kappa shape index (κ1) is 12.5. The Kier molecular flexibility index (Phi) is 4.51. The van der Waals surface area contributed by atoms with E-state index in [0.717, 1.165) is 31.4 Å². The molecule has 2 nitrogen and oxygen atoms in total. The van der Waals surface area contributed by atoms with Gasteiger partial charge in [0.05, 0.1) is 6.10 Å². The van der Waals surface area contributed by atoms with Gasteiger partial charge in [-0.2, -0.15) is 0 Å². The molecule has 2 N–H and O–H groups in total. The molecule has 1 aromatic rings. The zero-order valence-corrected chi connectivity index (χ0v) is 10.1. The number of rotatable bonds is 5. The summed E-state index contributed by atoms with van der Waals surface area (Å²) in [6.45, 7) is 1.45. The number of ether oxygens (including phenoxy) is 1. The molecule has 0 aromatic heterocycles. The van der Waals surface area contributed by atoms with Crippen LogP contribution in [0, 0.1) is 11.7 Å². The van der Waals surface area contributed by atoms with Crippen molar-refractivity contribution in [1.82, 2.24) is 0 Å². The molecule has 0 radical (unpaired) electrons. The van der Waals surface area contributed by atoms with E-state index >= 15 is 0 Å². The summed E-state index contributed by atoms with van der Waals surface area (Å²) >= 11 is 0. The average molecular weight is 237 g/mol. The first-order valence-corrected chi connectivity index (χ1v) is 6.34. The molecular weight excluding hydrogens is 217 g/mol. The first-order valence-electron chi connectivity index (χ1n) is 6.34. The molecule has 0 saturated carbocycles. The molecule has 1 aromatic carbocycles. The van der Waals surface area contributed by atoms with E-state index in [9.17, 15) is 4.39 Å². The van der Waals surface area contributed by atoms with Crippen LogP contribution in [0.5, 0.6) is 0 Å². The Bertz CT molecular complexity index is 350. The molecular formula is C14H20FNO. The summed E-state index contributed by atoms with van der Waals surface area (Å²) in [5.41, 5.74) is 6.54. The van der Waals surface area contributed by atoms with E-state index in [1.165, 1.54) is 6.07 Å². The van der Waals surface area contributed by atoms with Gasteiger partial charge in [0.15, 0.2) is 0 Å². The van der Waals surface area contributed by atoms with Crippen LogP contribution in [0.25, 0.3) is 0 Å². The second-order valence-corrected chi connectivity index (χ2v) is 4.77. The lowest BCUT2D eigenvalue weighted by Crippen LogP contribution is -2.22. The highest BCUT2D eigenvalue weighted by atomic mass is 19.1. The van der Waals surface area contributed by atoms with Gasteiger partial charge in [0.25, 0.3) is 0 Å². The fourth-order valence-corrected chi connectivity index (χ4v) is 2.44. The second kappa shape index (κ2) is 6.12. The molecule has 0 amide bonds. The van der Waals surface area contributed by atoms with Crippen molar-refractivity contribution in [2.45, 2.75) is 31.8 Å². The molecule has 1 aliphatic heterocycles. The molecule has 2 unspecified atom stereocenters. The minimum absolute atomic E-state index is 0.127. The van der Waals surface area contributed by atoms with Gasteiger partial charge in [0.2, 0.25) is 0 Å². The summed E-state index contributed by atoms with van der Waals surface area (Å²) in [5, 5.41) is 0. The van der Waals surface area contributed by atoms with Crippen LogP contribution in [-0.2, 0) is 11.2 Å². The molecule has 17 heavy (non-hydrogen) atoms. The van der Waals surface area contributed by atoms with Crippen LogP contribution in [0.3, 0.4) is 0 Å². The molecule has 94 valence electrons. The van der Waals surface area contributed by atoms with Crippen LogP contribution < -0.4 is 5.73 Å². The smallest absolute Gasteiger partial charge is 0.126 e. The zero-order valence-electron chi connectivity index (χ0n) is 10.1. The van der Waals surface area contributed by atoms with Gasteiger partial charge in [-0.3, -0.25) is 0 Å². The van der Waals surface area contributed by atoms with Gasteiger partial charge in [-0.25, -0.2) is 4.39 Å². The van der Waals surface area contributed by atoms with E-state index in [4.69, 9.17) is 10.5 Å². The van der Waals surface area contributed by atoms with Crippen LogP contribution in [0.1, 0.15) is 24.8 Å². The highest BCUT2D eigenvalue weighted by molar-refractivity contribution is 5.17. The minimum atomic E-state index is -0.127. The van der Waals surface area contributed by atoms with E-state index in [-0.39, 0.29) is 5.82 Å². The molecule has 1 fully saturated rings. The van der Waals surface area contributed by atoms with Crippen LogP contribution in [0.15, 0.2) is 24.3 Å². The summed E-state index contributed by atoms with van der Waals surface area (Å²) in [5.74, 6) is 0.188. The summed E-state index contributed by atoms with van der Waals surface area (Å²) < 4.78 is 19.1. The van der Waals surface area contributed by atoms with Gasteiger partial charge < -0.3 is 10.5 Å². The third-order valence-electron chi connectivity index (χ3n) is 3.42. The Balaban J connectivity index is 1.92. The van der Waals surface area contributed by atoms with Gasteiger partial charge >= 0.3 is 0 Å². The molecule has 0 aliphatic carbocycles. The molecule has 0 spiro atoms. The largest absolute Gasteiger partial charge is 0.378 e. The highest BCUT2D eigenvalue weighted by Gasteiger charge is 2.20. The van der Waals surface area contributed by atoms with E-state index < -0.39 is 0 Å². The van der Waals surface area contributed by atoms with Crippen molar-refractivity contribution in [2.24, 2.45) is 11.7 Å². The molecule has 1 heterocycles. The molecule has 2 atom stereocenters. The summed E-state index contributed by atoms with van der Waals surface area (Å²) in [6, 6.07) is 6.94. The molecule has 1 aliphatic rings. The van der Waals surface area contributed by atoms with Crippen molar-refractivity contribution in [3.63, 3.8) is 0 Å². The Morgan fingerprint density at radius 3 is 2.88 bits per heavy atom. The molecule has 0 bridgehead atoms. The SMILES string of the molecule is NCC(Cc1ccccc1F)CC1CCCO1. The van der Waals surface area contributed by atoms with E-state index in [2.05, 4.69) is 0 Å². The van der Waals surface area contributed by atoms with Gasteiger partial charge in [-0.1, -0.05) is 18.2 Å². The van der Waals surface area contributed by atoms with Crippen LogP contribution >= 0.6 is 0 Å². The fourth-order valence-electron chi connectivity index (χ4n) is 2.44. The predicted octanol–water partition coefficient (Wildman–Crippen LogP) is 2.51. The van der Waals surface area contributed by atoms with Gasteiger partial charge in [0.1, 0.15) is 5.82 Å². The van der Waals surface area contributed by atoms with Gasteiger partial charge in [-0.05, 0) is 49.8 Å². The Hall–Kier alpha value is -0.930. The van der Waals surface area contributed by atoms with Gasteiger partial charge in [0, 0.05) is 6.61 Å². The Morgan fingerprint density at radius 1 is 1.41 bits per heavy atom. The van der Waals surface area contributed by atoms with Gasteiger partial charge in [-0.15, -0.1) is 0 Å². The number of hydrogen-bond donors (Lipinski definition) is 1. The van der Waals surface area contributed by atoms with Crippen molar-refractivity contribution in [1.29, 1.82) is 0 Å². The van der Waals surface area contributed by atoms with Crippen molar-refractivity contribution in [2.75, 3.05) is 13.2 Å².